The van der Waals surface area contributed by atoms with Gasteiger partial charge in [0.1, 0.15) is 0 Å². The highest BCUT2D eigenvalue weighted by Crippen LogP contribution is 2.26. The van der Waals surface area contributed by atoms with Crippen LogP contribution in [0.25, 0.3) is 0 Å². The Kier molecular flexibility index (Phi) is 5.19. The van der Waals surface area contributed by atoms with Crippen molar-refractivity contribution < 1.29 is 19.8 Å². The highest BCUT2D eigenvalue weighted by Gasteiger charge is 2.32. The Morgan fingerprint density at radius 2 is 2.10 bits per heavy atom. The van der Waals surface area contributed by atoms with Crippen LogP contribution in [0.1, 0.15) is 32.1 Å². The van der Waals surface area contributed by atoms with E-state index in [0.29, 0.717) is 6.04 Å². The summed E-state index contributed by atoms with van der Waals surface area (Å²) in [6.07, 6.45) is 3.01. The highest BCUT2D eigenvalue weighted by molar-refractivity contribution is 5.74. The van der Waals surface area contributed by atoms with Gasteiger partial charge in [0.2, 0.25) is 0 Å². The molecule has 2 saturated heterocycles. The van der Waals surface area contributed by atoms with Crippen molar-refractivity contribution in [3.63, 3.8) is 0 Å². The van der Waals surface area contributed by atoms with Crippen LogP contribution < -0.4 is 10.6 Å². The Morgan fingerprint density at radius 3 is 2.85 bits per heavy atom. The van der Waals surface area contributed by atoms with Crippen molar-refractivity contribution in [2.45, 2.75) is 50.3 Å². The molecule has 0 aromatic rings. The van der Waals surface area contributed by atoms with Gasteiger partial charge in [-0.05, 0) is 32.2 Å². The molecule has 0 saturated carbocycles. The summed E-state index contributed by atoms with van der Waals surface area (Å²) in [6, 6.07) is 0.515. The van der Waals surface area contributed by atoms with Gasteiger partial charge in [0, 0.05) is 31.6 Å². The van der Waals surface area contributed by atoms with Crippen LogP contribution in [0.4, 0.5) is 4.79 Å². The fraction of sp³-hybridized carbons (Fsp3) is 0.846. The first kappa shape index (κ1) is 15.1. The number of aliphatic hydroxyl groups excluding tert-OH is 1. The number of carboxylic acid groups (broad SMARTS) is 1. The average Bonchev–Trinajstić information content (AvgIpc) is 2.85. The molecule has 2 heterocycles. The average molecular weight is 285 g/mol. The van der Waals surface area contributed by atoms with Gasteiger partial charge in [-0.2, -0.15) is 0 Å². The summed E-state index contributed by atoms with van der Waals surface area (Å²) in [5.41, 5.74) is 0. The zero-order valence-corrected chi connectivity index (χ0v) is 11.5. The van der Waals surface area contributed by atoms with E-state index in [4.69, 9.17) is 10.2 Å². The molecule has 0 aliphatic carbocycles. The van der Waals surface area contributed by atoms with Crippen LogP contribution in [0.15, 0.2) is 0 Å². The lowest BCUT2D eigenvalue weighted by atomic mass is 9.98. The fourth-order valence-electron chi connectivity index (χ4n) is 3.04. The molecule has 2 unspecified atom stereocenters. The third-order valence-electron chi connectivity index (χ3n) is 4.14. The maximum atomic E-state index is 11.7. The fourth-order valence-corrected chi connectivity index (χ4v) is 3.04. The molecule has 4 N–H and O–H groups in total. The van der Waals surface area contributed by atoms with Crippen LogP contribution in [0, 0.1) is 0 Å². The first-order chi connectivity index (χ1) is 9.56. The number of fused-ring (bicyclic) bond motifs is 1. The van der Waals surface area contributed by atoms with Gasteiger partial charge in [0.15, 0.2) is 6.10 Å². The predicted molar refractivity (Wildman–Crippen MR) is 72.4 cm³/mol. The number of piperidine rings is 1. The van der Waals surface area contributed by atoms with Crippen LogP contribution in [0.3, 0.4) is 0 Å². The molecule has 20 heavy (non-hydrogen) atoms. The third-order valence-corrected chi connectivity index (χ3v) is 4.14. The maximum absolute atomic E-state index is 11.7. The second kappa shape index (κ2) is 6.90. The number of amides is 2. The smallest absolute Gasteiger partial charge is 0.332 e. The highest BCUT2D eigenvalue weighted by atomic mass is 16.4. The molecule has 7 heteroatoms. The van der Waals surface area contributed by atoms with E-state index >= 15 is 0 Å². The Balaban J connectivity index is 1.63. The largest absolute Gasteiger partial charge is 0.479 e. The van der Waals surface area contributed by atoms with Crippen LogP contribution in [-0.4, -0.2) is 64.9 Å². The summed E-state index contributed by atoms with van der Waals surface area (Å²) in [4.78, 5) is 24.6. The molecule has 0 aromatic heterocycles. The van der Waals surface area contributed by atoms with Crippen molar-refractivity contribution in [1.82, 2.24) is 15.5 Å². The second-order valence-electron chi connectivity index (χ2n) is 5.60. The molecule has 2 rings (SSSR count). The summed E-state index contributed by atoms with van der Waals surface area (Å²) in [7, 11) is 0. The molecule has 0 bridgehead atoms. The topological polar surface area (TPSA) is 102 Å². The van der Waals surface area contributed by atoms with Gasteiger partial charge in [-0.25, -0.2) is 9.59 Å². The summed E-state index contributed by atoms with van der Waals surface area (Å²) < 4.78 is 0. The maximum Gasteiger partial charge on any atom is 0.332 e. The standard InChI is InChI=1S/C13H23N3O4/c17-11(12(18)19)3-5-14-13(20)15-9-4-7-16-6-1-2-10(16)8-9/h9-11,17H,1-8H2,(H,18,19)(H2,14,15,20)/t9?,10?,11-/m0/s1. The first-order valence-electron chi connectivity index (χ1n) is 7.25. The molecule has 0 aromatic carbocycles. The molecule has 3 atom stereocenters. The number of nitrogens with zero attached hydrogens (tertiary/aromatic N) is 1. The molecule has 2 aliphatic heterocycles. The van der Waals surface area contributed by atoms with Crippen molar-refractivity contribution in [3.8, 4) is 0 Å². The molecular weight excluding hydrogens is 262 g/mol. The molecule has 0 radical (unpaired) electrons. The van der Waals surface area contributed by atoms with E-state index in [-0.39, 0.29) is 25.0 Å². The number of rotatable bonds is 5. The molecule has 114 valence electrons. The lowest BCUT2D eigenvalue weighted by Gasteiger charge is -2.35. The summed E-state index contributed by atoms with van der Waals surface area (Å²) >= 11 is 0. The van der Waals surface area contributed by atoms with Gasteiger partial charge in [-0.15, -0.1) is 0 Å². The number of aliphatic carboxylic acids is 1. The van der Waals surface area contributed by atoms with Crippen molar-refractivity contribution >= 4 is 12.0 Å². The van der Waals surface area contributed by atoms with Crippen molar-refractivity contribution in [2.24, 2.45) is 0 Å². The van der Waals surface area contributed by atoms with E-state index in [2.05, 4.69) is 15.5 Å². The van der Waals surface area contributed by atoms with Crippen LogP contribution in [0.5, 0.6) is 0 Å². The summed E-state index contributed by atoms with van der Waals surface area (Å²) in [5, 5.41) is 23.1. The van der Waals surface area contributed by atoms with Gasteiger partial charge in [0.25, 0.3) is 0 Å². The first-order valence-corrected chi connectivity index (χ1v) is 7.25. The monoisotopic (exact) mass is 285 g/mol. The van der Waals surface area contributed by atoms with Crippen LogP contribution >= 0.6 is 0 Å². The summed E-state index contributed by atoms with van der Waals surface area (Å²) in [5.74, 6) is -1.26. The normalized spacial score (nSPS) is 27.6. The van der Waals surface area contributed by atoms with E-state index < -0.39 is 12.1 Å². The molecule has 2 fully saturated rings. The summed E-state index contributed by atoms with van der Waals surface area (Å²) in [6.45, 7) is 2.37. The number of carboxylic acids is 1. The lowest BCUT2D eigenvalue weighted by Crippen LogP contribution is -2.50. The van der Waals surface area contributed by atoms with Gasteiger partial charge < -0.3 is 25.7 Å². The van der Waals surface area contributed by atoms with Crippen LogP contribution in [0.2, 0.25) is 0 Å². The second-order valence-corrected chi connectivity index (χ2v) is 5.60. The Hall–Kier alpha value is -1.34. The Labute approximate surface area is 118 Å². The van der Waals surface area contributed by atoms with Crippen molar-refractivity contribution in [3.05, 3.63) is 0 Å². The number of urea groups is 1. The predicted octanol–water partition coefficient (Wildman–Crippen LogP) is -0.252. The molecule has 7 nitrogen and oxygen atoms in total. The number of carbonyl (C=O) groups excluding carboxylic acids is 1. The number of nitrogens with one attached hydrogen (secondary N) is 2. The van der Waals surface area contributed by atoms with Gasteiger partial charge in [-0.1, -0.05) is 0 Å². The Morgan fingerprint density at radius 1 is 1.30 bits per heavy atom. The molecular formula is C13H23N3O4. The minimum Gasteiger partial charge on any atom is -0.479 e. The number of carbonyl (C=O) groups is 2. The van der Waals surface area contributed by atoms with Gasteiger partial charge in [0.05, 0.1) is 0 Å². The molecule has 2 aliphatic rings. The minimum absolute atomic E-state index is 0.0177. The van der Waals surface area contributed by atoms with Crippen molar-refractivity contribution in [1.29, 1.82) is 0 Å². The van der Waals surface area contributed by atoms with Gasteiger partial charge >= 0.3 is 12.0 Å². The van der Waals surface area contributed by atoms with E-state index in [1.165, 1.54) is 19.4 Å². The number of hydrogen-bond donors (Lipinski definition) is 4. The number of hydrogen-bond acceptors (Lipinski definition) is 4. The molecule has 0 spiro atoms. The SMILES string of the molecule is O=C(NCC[C@H](O)C(=O)O)NC1CCN2CCCC2C1. The van der Waals surface area contributed by atoms with E-state index in [0.717, 1.165) is 19.4 Å². The number of aliphatic hydroxyl groups is 1. The van der Waals surface area contributed by atoms with E-state index in [1.807, 2.05) is 0 Å². The molecule has 2 amide bonds. The van der Waals surface area contributed by atoms with E-state index in [1.54, 1.807) is 0 Å². The zero-order valence-electron chi connectivity index (χ0n) is 11.5. The zero-order chi connectivity index (χ0) is 14.5. The quantitative estimate of drug-likeness (QED) is 0.558. The lowest BCUT2D eigenvalue weighted by molar-refractivity contribution is -0.146. The Bertz CT molecular complexity index is 364. The minimum atomic E-state index is -1.42. The van der Waals surface area contributed by atoms with Crippen LogP contribution in [-0.2, 0) is 4.79 Å². The third kappa shape index (κ3) is 4.08. The van der Waals surface area contributed by atoms with E-state index in [9.17, 15) is 9.59 Å². The van der Waals surface area contributed by atoms with Gasteiger partial charge in [-0.3, -0.25) is 0 Å². The van der Waals surface area contributed by atoms with Crippen molar-refractivity contribution in [2.75, 3.05) is 19.6 Å².